The predicted molar refractivity (Wildman–Crippen MR) is 222 cm³/mol. The monoisotopic (exact) mass is 800 g/mol. The molecule has 11 nitrogen and oxygen atoms in total. The van der Waals surface area contributed by atoms with Crippen LogP contribution in [0.25, 0.3) is 0 Å². The highest BCUT2D eigenvalue weighted by atomic mass is 31.2. The Morgan fingerprint density at radius 3 is 1.75 bits per heavy atom. The number of nitrogens with two attached hydrogens (primary N) is 1. The van der Waals surface area contributed by atoms with Gasteiger partial charge in [-0.3, -0.25) is 18.6 Å². The first kappa shape index (κ1) is 52.9. The first-order chi connectivity index (χ1) is 26.6. The number of carbonyl (C=O) groups excluding carboxylic acids is 2. The summed E-state index contributed by atoms with van der Waals surface area (Å²) in [5.41, 5.74) is 5.33. The first-order valence-corrected chi connectivity index (χ1v) is 22.8. The van der Waals surface area contributed by atoms with Gasteiger partial charge in [0.2, 0.25) is 0 Å². The maximum atomic E-state index is 12.6. The highest BCUT2D eigenvalue weighted by molar-refractivity contribution is 7.47. The molecule has 0 aliphatic carbocycles. The smallest absolute Gasteiger partial charge is 0.462 e. The summed E-state index contributed by atoms with van der Waals surface area (Å²) in [6.45, 7) is 3.38. The summed E-state index contributed by atoms with van der Waals surface area (Å²) >= 11 is 0. The van der Waals surface area contributed by atoms with E-state index >= 15 is 0 Å². The third kappa shape index (κ3) is 38.5. The SMILES string of the molecule is CCCCC/C=C/CC(O)/C=C/C=C/C=C/C(O)CCCC(=O)OC(COC(=O)CCCCCCCCCCCCCCCCC)COP(=O)(O)OCCN. The van der Waals surface area contributed by atoms with Gasteiger partial charge in [-0.2, -0.15) is 0 Å². The molecule has 0 amide bonds. The topological polar surface area (TPSA) is 175 Å². The number of hydrogen-bond donors (Lipinski definition) is 4. The molecule has 4 unspecified atom stereocenters. The quantitative estimate of drug-likeness (QED) is 0.0153. The lowest BCUT2D eigenvalue weighted by atomic mass is 10.0. The number of rotatable bonds is 39. The molecule has 0 spiro atoms. The zero-order valence-electron chi connectivity index (χ0n) is 34.4. The summed E-state index contributed by atoms with van der Waals surface area (Å²) in [6.07, 6.45) is 36.3. The molecule has 12 heteroatoms. The number of unbranched alkanes of at least 4 members (excludes halogenated alkanes) is 17. The van der Waals surface area contributed by atoms with Gasteiger partial charge in [0.15, 0.2) is 6.10 Å². The fourth-order valence-electron chi connectivity index (χ4n) is 5.65. The summed E-state index contributed by atoms with van der Waals surface area (Å²) < 4.78 is 32.6. The molecule has 0 aromatic rings. The normalized spacial score (nSPS) is 14.9. The molecule has 0 aromatic carbocycles. The predicted octanol–water partition coefficient (Wildman–Crippen LogP) is 9.88. The fraction of sp³-hybridized carbons (Fsp3) is 0.767. The Morgan fingerprint density at radius 1 is 0.636 bits per heavy atom. The van der Waals surface area contributed by atoms with Gasteiger partial charge in [0.05, 0.1) is 25.4 Å². The highest BCUT2D eigenvalue weighted by Gasteiger charge is 2.26. The minimum Gasteiger partial charge on any atom is -0.462 e. The molecule has 0 saturated carbocycles. The average Bonchev–Trinajstić information content (AvgIpc) is 3.16. The molecule has 0 rings (SSSR count). The molecule has 0 saturated heterocycles. The van der Waals surface area contributed by atoms with Crippen LogP contribution in [0.5, 0.6) is 0 Å². The number of carbonyl (C=O) groups is 2. The van der Waals surface area contributed by atoms with Crippen molar-refractivity contribution in [3.8, 4) is 0 Å². The van der Waals surface area contributed by atoms with Crippen LogP contribution in [0.2, 0.25) is 0 Å². The van der Waals surface area contributed by atoms with E-state index in [1.165, 1.54) is 89.9 Å². The van der Waals surface area contributed by atoms with Gasteiger partial charge in [0, 0.05) is 19.4 Å². The Hall–Kier alpha value is -2.11. The van der Waals surface area contributed by atoms with E-state index in [0.29, 0.717) is 25.7 Å². The van der Waals surface area contributed by atoms with Crippen molar-refractivity contribution in [3.05, 3.63) is 48.6 Å². The Labute approximate surface area is 333 Å². The second-order valence-electron chi connectivity index (χ2n) is 14.3. The van der Waals surface area contributed by atoms with Crippen LogP contribution >= 0.6 is 7.82 Å². The van der Waals surface area contributed by atoms with Gasteiger partial charge in [0.25, 0.3) is 0 Å². The van der Waals surface area contributed by atoms with Gasteiger partial charge >= 0.3 is 19.8 Å². The molecule has 0 aromatic heterocycles. The third-order valence-corrected chi connectivity index (χ3v) is 9.89. The van der Waals surface area contributed by atoms with Crippen molar-refractivity contribution in [2.24, 2.45) is 5.73 Å². The molecule has 0 fully saturated rings. The van der Waals surface area contributed by atoms with Gasteiger partial charge in [-0.1, -0.05) is 165 Å². The van der Waals surface area contributed by atoms with Crippen molar-refractivity contribution >= 4 is 19.8 Å². The van der Waals surface area contributed by atoms with Gasteiger partial charge in [-0.25, -0.2) is 4.57 Å². The minimum atomic E-state index is -4.44. The van der Waals surface area contributed by atoms with E-state index in [1.54, 1.807) is 36.5 Å². The Kier molecular flexibility index (Phi) is 37.3. The summed E-state index contributed by atoms with van der Waals surface area (Å²) in [6, 6.07) is 0. The molecule has 0 radical (unpaired) electrons. The van der Waals surface area contributed by atoms with Crippen LogP contribution in [-0.4, -0.2) is 71.7 Å². The zero-order valence-corrected chi connectivity index (χ0v) is 35.3. The number of esters is 2. The Balaban J connectivity index is 4.43. The van der Waals surface area contributed by atoms with Crippen molar-refractivity contribution < 1.29 is 47.8 Å². The van der Waals surface area contributed by atoms with Gasteiger partial charge < -0.3 is 30.3 Å². The number of allylic oxidation sites excluding steroid dienone is 5. The van der Waals surface area contributed by atoms with E-state index in [1.807, 2.05) is 6.08 Å². The first-order valence-electron chi connectivity index (χ1n) is 21.3. The molecule has 4 atom stereocenters. The van der Waals surface area contributed by atoms with Crippen molar-refractivity contribution in [2.75, 3.05) is 26.4 Å². The average molecular weight is 800 g/mol. The van der Waals surface area contributed by atoms with E-state index in [-0.39, 0.29) is 32.6 Å². The van der Waals surface area contributed by atoms with E-state index in [4.69, 9.17) is 24.3 Å². The molecule has 0 aliphatic heterocycles. The van der Waals surface area contributed by atoms with Gasteiger partial charge in [0.1, 0.15) is 6.61 Å². The summed E-state index contributed by atoms with van der Waals surface area (Å²) in [7, 11) is -4.44. The van der Waals surface area contributed by atoms with E-state index in [0.717, 1.165) is 25.7 Å². The van der Waals surface area contributed by atoms with E-state index in [9.17, 15) is 29.3 Å². The summed E-state index contributed by atoms with van der Waals surface area (Å²) in [5.74, 6) is -1.07. The van der Waals surface area contributed by atoms with Crippen molar-refractivity contribution in [1.29, 1.82) is 0 Å². The van der Waals surface area contributed by atoms with Crippen molar-refractivity contribution in [2.45, 2.75) is 186 Å². The van der Waals surface area contributed by atoms with Crippen molar-refractivity contribution in [3.63, 3.8) is 0 Å². The fourth-order valence-corrected chi connectivity index (χ4v) is 6.42. The molecular weight excluding hydrogens is 721 g/mol. The molecule has 0 bridgehead atoms. The minimum absolute atomic E-state index is 0.0130. The van der Waals surface area contributed by atoms with Crippen molar-refractivity contribution in [1.82, 2.24) is 0 Å². The van der Waals surface area contributed by atoms with Crippen LogP contribution in [0, 0.1) is 0 Å². The molecule has 320 valence electrons. The van der Waals surface area contributed by atoms with Crippen LogP contribution < -0.4 is 5.73 Å². The summed E-state index contributed by atoms with van der Waals surface area (Å²) in [5, 5.41) is 20.3. The molecular formula is C43H78NO10P. The van der Waals surface area contributed by atoms with Crippen LogP contribution in [0.15, 0.2) is 48.6 Å². The van der Waals surface area contributed by atoms with Gasteiger partial charge in [-0.15, -0.1) is 0 Å². The second-order valence-corrected chi connectivity index (χ2v) is 15.7. The molecule has 0 aliphatic rings. The lowest BCUT2D eigenvalue weighted by Gasteiger charge is -2.20. The Bertz CT molecular complexity index is 1080. The van der Waals surface area contributed by atoms with E-state index in [2.05, 4.69) is 19.9 Å². The highest BCUT2D eigenvalue weighted by Crippen LogP contribution is 2.43. The molecule has 55 heavy (non-hydrogen) atoms. The number of phosphoric acid groups is 1. The number of aliphatic hydroxyl groups is 2. The summed E-state index contributed by atoms with van der Waals surface area (Å²) in [4.78, 5) is 34.8. The number of phosphoric ester groups is 1. The molecule has 0 heterocycles. The lowest BCUT2D eigenvalue weighted by Crippen LogP contribution is -2.29. The van der Waals surface area contributed by atoms with Crippen LogP contribution in [0.3, 0.4) is 0 Å². The maximum Gasteiger partial charge on any atom is 0.472 e. The number of hydrogen-bond acceptors (Lipinski definition) is 10. The van der Waals surface area contributed by atoms with Crippen LogP contribution in [0.1, 0.15) is 168 Å². The Morgan fingerprint density at radius 2 is 1.16 bits per heavy atom. The second kappa shape index (κ2) is 38.7. The molecule has 5 N–H and O–H groups in total. The number of ether oxygens (including phenoxy) is 2. The van der Waals surface area contributed by atoms with Crippen LogP contribution in [-0.2, 0) is 32.7 Å². The number of aliphatic hydroxyl groups excluding tert-OH is 2. The standard InChI is InChI=1S/C43H78NO10P/c1-3-5-7-9-11-12-13-14-15-16-17-18-19-21-27-33-42(47)51-37-41(38-53-55(49,50)52-36-35-44)54-43(48)34-28-32-40(46)31-26-23-22-25-30-39(45)29-24-20-10-8-6-4-2/h20,22-26,30-31,39-41,45-46H,3-19,21,27-29,32-38,44H2,1-2H3,(H,49,50)/b23-22+,24-20+,30-25+,31-26+. The largest absolute Gasteiger partial charge is 0.472 e. The third-order valence-electron chi connectivity index (χ3n) is 8.91. The van der Waals surface area contributed by atoms with Gasteiger partial charge in [-0.05, 0) is 38.5 Å². The maximum absolute atomic E-state index is 12.6. The lowest BCUT2D eigenvalue weighted by molar-refractivity contribution is -0.161. The zero-order chi connectivity index (χ0) is 40.7. The van der Waals surface area contributed by atoms with E-state index < -0.39 is 44.7 Å². The van der Waals surface area contributed by atoms with Crippen LogP contribution in [0.4, 0.5) is 0 Å².